The third kappa shape index (κ3) is 6.84. The molecule has 0 spiro atoms. The standard InChI is InChI=1S/C18H29N3O2.HI/c1-4-8-20-18(19-3)21-11-16-6-5-14(2)10-17(16)23-13-15-7-9-22-12-15;/h5-6,10,15H,4,7-9,11-13H2,1-3H3,(H2,19,20,21);1H. The number of nitrogens with zero attached hydrogens (tertiary/aromatic N) is 1. The van der Waals surface area contributed by atoms with E-state index < -0.39 is 0 Å². The summed E-state index contributed by atoms with van der Waals surface area (Å²) in [5.74, 6) is 2.29. The highest BCUT2D eigenvalue weighted by Gasteiger charge is 2.17. The Morgan fingerprint density at radius 3 is 2.88 bits per heavy atom. The SMILES string of the molecule is CCCNC(=NC)NCc1ccc(C)cc1OCC1CCOC1.I. The van der Waals surface area contributed by atoms with Crippen LogP contribution in [0.5, 0.6) is 5.75 Å². The van der Waals surface area contributed by atoms with E-state index in [2.05, 4.69) is 47.7 Å². The van der Waals surface area contributed by atoms with Crippen LogP contribution in [0.25, 0.3) is 0 Å². The molecule has 2 rings (SSSR count). The molecule has 0 saturated carbocycles. The van der Waals surface area contributed by atoms with Crippen molar-refractivity contribution in [1.29, 1.82) is 0 Å². The Kier molecular flexibility index (Phi) is 10.1. The van der Waals surface area contributed by atoms with Gasteiger partial charge in [-0.2, -0.15) is 0 Å². The highest BCUT2D eigenvalue weighted by Crippen LogP contribution is 2.22. The van der Waals surface area contributed by atoms with Gasteiger partial charge in [-0.05, 0) is 31.4 Å². The topological polar surface area (TPSA) is 54.9 Å². The Morgan fingerprint density at radius 1 is 1.38 bits per heavy atom. The summed E-state index contributed by atoms with van der Waals surface area (Å²) in [6, 6.07) is 6.34. The van der Waals surface area contributed by atoms with E-state index >= 15 is 0 Å². The molecule has 5 nitrogen and oxygen atoms in total. The van der Waals surface area contributed by atoms with E-state index in [1.807, 2.05) is 0 Å². The predicted molar refractivity (Wildman–Crippen MR) is 110 cm³/mol. The zero-order valence-corrected chi connectivity index (χ0v) is 17.3. The maximum atomic E-state index is 6.07. The van der Waals surface area contributed by atoms with Gasteiger partial charge >= 0.3 is 0 Å². The first-order valence-electron chi connectivity index (χ1n) is 8.47. The molecule has 1 aromatic rings. The first-order valence-corrected chi connectivity index (χ1v) is 8.47. The zero-order chi connectivity index (χ0) is 16.5. The summed E-state index contributed by atoms with van der Waals surface area (Å²) in [4.78, 5) is 4.23. The Bertz CT molecular complexity index is 517. The zero-order valence-electron chi connectivity index (χ0n) is 14.9. The second kappa shape index (κ2) is 11.5. The van der Waals surface area contributed by atoms with Crippen molar-refractivity contribution in [2.45, 2.75) is 33.2 Å². The molecule has 1 saturated heterocycles. The summed E-state index contributed by atoms with van der Waals surface area (Å²) in [7, 11) is 1.79. The smallest absolute Gasteiger partial charge is 0.191 e. The average Bonchev–Trinajstić information content (AvgIpc) is 3.08. The van der Waals surface area contributed by atoms with E-state index in [1.165, 1.54) is 5.56 Å². The molecule has 0 amide bonds. The van der Waals surface area contributed by atoms with Gasteiger partial charge in [-0.1, -0.05) is 19.1 Å². The summed E-state index contributed by atoms with van der Waals surface area (Å²) in [6.07, 6.45) is 2.16. The monoisotopic (exact) mass is 447 g/mol. The normalized spacial score (nSPS) is 17.3. The van der Waals surface area contributed by atoms with Crippen LogP contribution in [0, 0.1) is 12.8 Å². The third-order valence-electron chi connectivity index (χ3n) is 3.93. The Hall–Kier alpha value is -1.02. The molecular formula is C18H30IN3O2. The minimum Gasteiger partial charge on any atom is -0.493 e. The van der Waals surface area contributed by atoms with E-state index in [-0.39, 0.29) is 24.0 Å². The minimum absolute atomic E-state index is 0. The number of guanidine groups is 1. The quantitative estimate of drug-likeness (QED) is 0.383. The molecule has 2 N–H and O–H groups in total. The van der Waals surface area contributed by atoms with Crippen molar-refractivity contribution in [1.82, 2.24) is 10.6 Å². The van der Waals surface area contributed by atoms with Crippen LogP contribution in [0.2, 0.25) is 0 Å². The number of halogens is 1. The second-order valence-electron chi connectivity index (χ2n) is 6.00. The Labute approximate surface area is 162 Å². The molecule has 1 atom stereocenters. The van der Waals surface area contributed by atoms with Gasteiger partial charge in [-0.3, -0.25) is 4.99 Å². The van der Waals surface area contributed by atoms with Crippen molar-refractivity contribution >= 4 is 29.9 Å². The Balaban J connectivity index is 0.00000288. The van der Waals surface area contributed by atoms with Crippen LogP contribution in [-0.2, 0) is 11.3 Å². The van der Waals surface area contributed by atoms with Crippen molar-refractivity contribution in [3.63, 3.8) is 0 Å². The lowest BCUT2D eigenvalue weighted by Gasteiger charge is -2.16. The van der Waals surface area contributed by atoms with E-state index in [4.69, 9.17) is 9.47 Å². The maximum absolute atomic E-state index is 6.07. The summed E-state index contributed by atoms with van der Waals surface area (Å²) >= 11 is 0. The lowest BCUT2D eigenvalue weighted by molar-refractivity contribution is 0.166. The van der Waals surface area contributed by atoms with Crippen LogP contribution in [-0.4, -0.2) is 39.4 Å². The molecule has 1 unspecified atom stereocenters. The predicted octanol–water partition coefficient (Wildman–Crippen LogP) is 3.10. The number of rotatable bonds is 7. The van der Waals surface area contributed by atoms with Gasteiger partial charge in [0.05, 0.1) is 13.2 Å². The molecule has 24 heavy (non-hydrogen) atoms. The molecule has 0 aliphatic carbocycles. The van der Waals surface area contributed by atoms with Crippen LogP contribution < -0.4 is 15.4 Å². The first kappa shape index (κ1) is 21.0. The molecule has 136 valence electrons. The van der Waals surface area contributed by atoms with Gasteiger partial charge in [0.25, 0.3) is 0 Å². The average molecular weight is 447 g/mol. The summed E-state index contributed by atoms with van der Waals surface area (Å²) in [5, 5.41) is 6.62. The van der Waals surface area contributed by atoms with Gasteiger partial charge in [0.1, 0.15) is 5.75 Å². The number of hydrogen-bond donors (Lipinski definition) is 2. The van der Waals surface area contributed by atoms with Crippen LogP contribution in [0.3, 0.4) is 0 Å². The van der Waals surface area contributed by atoms with Gasteiger partial charge in [0.15, 0.2) is 5.96 Å². The fourth-order valence-corrected chi connectivity index (χ4v) is 2.51. The highest BCUT2D eigenvalue weighted by molar-refractivity contribution is 14.0. The minimum atomic E-state index is 0. The summed E-state index contributed by atoms with van der Waals surface area (Å²) in [5.41, 5.74) is 2.36. The fraction of sp³-hybridized carbons (Fsp3) is 0.611. The number of aryl methyl sites for hydroxylation is 1. The molecule has 0 bridgehead atoms. The van der Waals surface area contributed by atoms with Crippen LogP contribution in [0.1, 0.15) is 30.9 Å². The molecule has 1 aliphatic rings. The van der Waals surface area contributed by atoms with Crippen LogP contribution in [0.15, 0.2) is 23.2 Å². The lowest BCUT2D eigenvalue weighted by Crippen LogP contribution is -2.37. The molecule has 1 fully saturated rings. The molecule has 0 radical (unpaired) electrons. The first-order chi connectivity index (χ1) is 11.2. The molecule has 0 aromatic heterocycles. The molecule has 1 aromatic carbocycles. The highest BCUT2D eigenvalue weighted by atomic mass is 127. The van der Waals surface area contributed by atoms with Gasteiger partial charge in [0, 0.05) is 38.2 Å². The van der Waals surface area contributed by atoms with E-state index in [1.54, 1.807) is 7.05 Å². The van der Waals surface area contributed by atoms with Crippen molar-refractivity contribution in [2.24, 2.45) is 10.9 Å². The number of ether oxygens (including phenoxy) is 2. The molecule has 1 aliphatic heterocycles. The van der Waals surface area contributed by atoms with Gasteiger partial charge < -0.3 is 20.1 Å². The van der Waals surface area contributed by atoms with Gasteiger partial charge in [-0.25, -0.2) is 0 Å². The van der Waals surface area contributed by atoms with Crippen molar-refractivity contribution in [2.75, 3.05) is 33.4 Å². The number of aliphatic imine (C=N–C) groups is 1. The summed E-state index contributed by atoms with van der Waals surface area (Å²) < 4.78 is 11.5. The third-order valence-corrected chi connectivity index (χ3v) is 3.93. The number of hydrogen-bond acceptors (Lipinski definition) is 3. The Morgan fingerprint density at radius 2 is 2.21 bits per heavy atom. The fourth-order valence-electron chi connectivity index (χ4n) is 2.51. The molecular weight excluding hydrogens is 417 g/mol. The van der Waals surface area contributed by atoms with Gasteiger partial charge in [-0.15, -0.1) is 24.0 Å². The van der Waals surface area contributed by atoms with E-state index in [9.17, 15) is 0 Å². The van der Waals surface area contributed by atoms with Crippen molar-refractivity contribution < 1.29 is 9.47 Å². The molecule has 1 heterocycles. The van der Waals surface area contributed by atoms with E-state index in [0.717, 1.165) is 56.5 Å². The maximum Gasteiger partial charge on any atom is 0.191 e. The van der Waals surface area contributed by atoms with Crippen molar-refractivity contribution in [3.05, 3.63) is 29.3 Å². The molecule has 6 heteroatoms. The second-order valence-corrected chi connectivity index (χ2v) is 6.00. The number of benzene rings is 1. The lowest BCUT2D eigenvalue weighted by atomic mass is 10.1. The summed E-state index contributed by atoms with van der Waals surface area (Å²) in [6.45, 7) is 8.23. The van der Waals surface area contributed by atoms with Crippen LogP contribution >= 0.6 is 24.0 Å². The van der Waals surface area contributed by atoms with Gasteiger partial charge in [0.2, 0.25) is 0 Å². The van der Waals surface area contributed by atoms with Crippen LogP contribution in [0.4, 0.5) is 0 Å². The van der Waals surface area contributed by atoms with E-state index in [0.29, 0.717) is 12.5 Å². The largest absolute Gasteiger partial charge is 0.493 e. The number of nitrogens with one attached hydrogen (secondary N) is 2. The van der Waals surface area contributed by atoms with Crippen molar-refractivity contribution in [3.8, 4) is 5.75 Å².